The fraction of sp³-hybridized carbons (Fsp3) is 0.625. The summed E-state index contributed by atoms with van der Waals surface area (Å²) in [7, 11) is 2.18. The van der Waals surface area contributed by atoms with Crippen molar-refractivity contribution in [2.24, 2.45) is 5.73 Å². The minimum absolute atomic E-state index is 0.169. The molecule has 112 valence electrons. The summed E-state index contributed by atoms with van der Waals surface area (Å²) in [5.74, 6) is -0.169. The highest BCUT2D eigenvalue weighted by Gasteiger charge is 2.22. The molecular formula is C16H26FN3. The molecule has 1 atom stereocenters. The van der Waals surface area contributed by atoms with Gasteiger partial charge in [-0.1, -0.05) is 13.0 Å². The molecule has 3 nitrogen and oxygen atoms in total. The standard InChI is InChI=1S/C16H26FN3/c1-3-16-12-19(2)7-4-8-20(16)11-14-9-15(17)6-5-13(14)10-18/h5-6,9,16H,3-4,7-8,10-12,18H2,1-2H3. The molecular weight excluding hydrogens is 253 g/mol. The van der Waals surface area contributed by atoms with E-state index < -0.39 is 0 Å². The molecule has 1 heterocycles. The second-order valence-electron chi connectivity index (χ2n) is 5.77. The zero-order chi connectivity index (χ0) is 14.5. The summed E-state index contributed by atoms with van der Waals surface area (Å²) in [6.07, 6.45) is 2.29. The Morgan fingerprint density at radius 3 is 2.80 bits per heavy atom. The van der Waals surface area contributed by atoms with Crippen LogP contribution in [-0.4, -0.2) is 42.5 Å². The molecule has 2 N–H and O–H groups in total. The second kappa shape index (κ2) is 7.16. The van der Waals surface area contributed by atoms with Gasteiger partial charge < -0.3 is 10.6 Å². The first-order valence-electron chi connectivity index (χ1n) is 7.54. The van der Waals surface area contributed by atoms with Crippen LogP contribution in [0.1, 0.15) is 30.9 Å². The predicted octanol–water partition coefficient (Wildman–Crippen LogP) is 2.20. The van der Waals surface area contributed by atoms with Crippen LogP contribution in [0.25, 0.3) is 0 Å². The van der Waals surface area contributed by atoms with E-state index >= 15 is 0 Å². The molecule has 1 unspecified atom stereocenters. The number of nitrogens with two attached hydrogens (primary N) is 1. The van der Waals surface area contributed by atoms with Gasteiger partial charge >= 0.3 is 0 Å². The van der Waals surface area contributed by atoms with Crippen molar-refractivity contribution in [2.45, 2.75) is 38.9 Å². The van der Waals surface area contributed by atoms with Gasteiger partial charge in [0.25, 0.3) is 0 Å². The highest BCUT2D eigenvalue weighted by Crippen LogP contribution is 2.19. The topological polar surface area (TPSA) is 32.5 Å². The van der Waals surface area contributed by atoms with Crippen molar-refractivity contribution in [2.75, 3.05) is 26.7 Å². The maximum absolute atomic E-state index is 13.5. The van der Waals surface area contributed by atoms with Gasteiger partial charge in [0.15, 0.2) is 0 Å². The van der Waals surface area contributed by atoms with E-state index in [-0.39, 0.29) is 5.82 Å². The minimum atomic E-state index is -0.169. The third kappa shape index (κ3) is 3.78. The molecule has 0 aromatic heterocycles. The van der Waals surface area contributed by atoms with E-state index in [0.29, 0.717) is 12.6 Å². The van der Waals surface area contributed by atoms with Crippen molar-refractivity contribution in [3.8, 4) is 0 Å². The van der Waals surface area contributed by atoms with Gasteiger partial charge in [0.2, 0.25) is 0 Å². The number of hydrogen-bond acceptors (Lipinski definition) is 3. The Morgan fingerprint density at radius 1 is 1.30 bits per heavy atom. The van der Waals surface area contributed by atoms with Crippen LogP contribution in [0.2, 0.25) is 0 Å². The summed E-state index contributed by atoms with van der Waals surface area (Å²) in [6.45, 7) is 6.80. The van der Waals surface area contributed by atoms with Crippen molar-refractivity contribution in [1.29, 1.82) is 0 Å². The number of rotatable bonds is 4. The molecule has 0 radical (unpaired) electrons. The van der Waals surface area contributed by atoms with E-state index in [9.17, 15) is 4.39 Å². The van der Waals surface area contributed by atoms with Crippen molar-refractivity contribution in [3.05, 3.63) is 35.1 Å². The largest absolute Gasteiger partial charge is 0.326 e. The minimum Gasteiger partial charge on any atom is -0.326 e. The lowest BCUT2D eigenvalue weighted by atomic mass is 10.0. The molecule has 1 saturated heterocycles. The van der Waals surface area contributed by atoms with Crippen LogP contribution in [-0.2, 0) is 13.1 Å². The monoisotopic (exact) mass is 279 g/mol. The van der Waals surface area contributed by atoms with Crippen LogP contribution >= 0.6 is 0 Å². The first kappa shape index (κ1) is 15.4. The van der Waals surface area contributed by atoms with Crippen LogP contribution in [0.3, 0.4) is 0 Å². The molecule has 0 spiro atoms. The predicted molar refractivity (Wildman–Crippen MR) is 80.9 cm³/mol. The van der Waals surface area contributed by atoms with E-state index in [2.05, 4.69) is 23.8 Å². The maximum Gasteiger partial charge on any atom is 0.123 e. The van der Waals surface area contributed by atoms with Crippen molar-refractivity contribution in [1.82, 2.24) is 9.80 Å². The summed E-state index contributed by atoms with van der Waals surface area (Å²) in [6, 6.07) is 5.49. The third-order valence-electron chi connectivity index (χ3n) is 4.26. The van der Waals surface area contributed by atoms with E-state index in [4.69, 9.17) is 5.73 Å². The summed E-state index contributed by atoms with van der Waals surface area (Å²) < 4.78 is 13.5. The van der Waals surface area contributed by atoms with Crippen LogP contribution in [0, 0.1) is 5.82 Å². The molecule has 1 aliphatic rings. The van der Waals surface area contributed by atoms with Crippen LogP contribution in [0.15, 0.2) is 18.2 Å². The molecule has 1 fully saturated rings. The van der Waals surface area contributed by atoms with Gasteiger partial charge in [-0.25, -0.2) is 4.39 Å². The van der Waals surface area contributed by atoms with Crippen molar-refractivity contribution in [3.63, 3.8) is 0 Å². The lowest BCUT2D eigenvalue weighted by Gasteiger charge is -2.30. The highest BCUT2D eigenvalue weighted by molar-refractivity contribution is 5.27. The fourth-order valence-corrected chi connectivity index (χ4v) is 3.05. The Bertz CT molecular complexity index is 436. The normalized spacial score (nSPS) is 21.9. The second-order valence-corrected chi connectivity index (χ2v) is 5.77. The summed E-state index contributed by atoms with van der Waals surface area (Å²) in [4.78, 5) is 4.88. The summed E-state index contributed by atoms with van der Waals surface area (Å²) in [5.41, 5.74) is 7.87. The van der Waals surface area contributed by atoms with Gasteiger partial charge in [0.05, 0.1) is 0 Å². The molecule has 1 aromatic carbocycles. The van der Waals surface area contributed by atoms with Gasteiger partial charge in [-0.3, -0.25) is 4.90 Å². The zero-order valence-corrected chi connectivity index (χ0v) is 12.6. The van der Waals surface area contributed by atoms with Gasteiger partial charge in [-0.15, -0.1) is 0 Å². The average Bonchev–Trinajstić information content (AvgIpc) is 2.61. The van der Waals surface area contributed by atoms with E-state index in [0.717, 1.165) is 43.7 Å². The Labute approximate surface area is 121 Å². The van der Waals surface area contributed by atoms with E-state index in [1.54, 1.807) is 6.07 Å². The molecule has 1 aromatic rings. The molecule has 0 saturated carbocycles. The lowest BCUT2D eigenvalue weighted by molar-refractivity contribution is 0.175. The number of hydrogen-bond donors (Lipinski definition) is 1. The highest BCUT2D eigenvalue weighted by atomic mass is 19.1. The fourth-order valence-electron chi connectivity index (χ4n) is 3.05. The van der Waals surface area contributed by atoms with Crippen LogP contribution < -0.4 is 5.73 Å². The maximum atomic E-state index is 13.5. The molecule has 0 bridgehead atoms. The van der Waals surface area contributed by atoms with Gasteiger partial charge in [0, 0.05) is 32.2 Å². The van der Waals surface area contributed by atoms with Crippen LogP contribution in [0.5, 0.6) is 0 Å². The molecule has 2 rings (SSSR count). The smallest absolute Gasteiger partial charge is 0.123 e. The van der Waals surface area contributed by atoms with Gasteiger partial charge in [-0.05, 0) is 49.7 Å². The Balaban J connectivity index is 2.16. The van der Waals surface area contributed by atoms with Gasteiger partial charge in [-0.2, -0.15) is 0 Å². The SMILES string of the molecule is CCC1CN(C)CCCN1Cc1cc(F)ccc1CN. The average molecular weight is 279 g/mol. The number of nitrogens with zero attached hydrogens (tertiary/aromatic N) is 2. The van der Waals surface area contributed by atoms with Crippen molar-refractivity contribution < 1.29 is 4.39 Å². The summed E-state index contributed by atoms with van der Waals surface area (Å²) in [5, 5.41) is 0. The van der Waals surface area contributed by atoms with Gasteiger partial charge in [0.1, 0.15) is 5.82 Å². The Kier molecular flexibility index (Phi) is 5.52. The third-order valence-corrected chi connectivity index (χ3v) is 4.26. The molecule has 20 heavy (non-hydrogen) atoms. The Morgan fingerprint density at radius 2 is 2.10 bits per heavy atom. The first-order chi connectivity index (χ1) is 9.63. The molecule has 0 aliphatic carbocycles. The van der Waals surface area contributed by atoms with Crippen molar-refractivity contribution >= 4 is 0 Å². The zero-order valence-electron chi connectivity index (χ0n) is 12.6. The van der Waals surface area contributed by atoms with Crippen LogP contribution in [0.4, 0.5) is 4.39 Å². The quantitative estimate of drug-likeness (QED) is 0.917. The first-order valence-corrected chi connectivity index (χ1v) is 7.54. The summed E-state index contributed by atoms with van der Waals surface area (Å²) >= 11 is 0. The lowest BCUT2D eigenvalue weighted by Crippen LogP contribution is -2.39. The molecule has 4 heteroatoms. The van der Waals surface area contributed by atoms with E-state index in [1.807, 2.05) is 6.07 Å². The number of halogens is 1. The van der Waals surface area contributed by atoms with E-state index in [1.165, 1.54) is 12.5 Å². The molecule has 0 amide bonds. The number of benzene rings is 1. The number of likely N-dealkylation sites (N-methyl/N-ethyl adjacent to an activating group) is 1. The Hall–Kier alpha value is -0.970. The molecule has 1 aliphatic heterocycles.